The lowest BCUT2D eigenvalue weighted by molar-refractivity contribution is -0.384. The molecule has 0 saturated heterocycles. The number of sulfonamides is 1. The molecule has 0 amide bonds. The van der Waals surface area contributed by atoms with Crippen LogP contribution in [0.1, 0.15) is 5.56 Å². The van der Waals surface area contributed by atoms with Crippen LogP contribution in [0.15, 0.2) is 24.3 Å². The van der Waals surface area contributed by atoms with Crippen molar-refractivity contribution < 1.29 is 13.3 Å². The number of non-ortho nitro benzene ring substituents is 1. The molecule has 0 spiro atoms. The molecule has 0 fully saturated rings. The van der Waals surface area contributed by atoms with Crippen molar-refractivity contribution in [3.8, 4) is 0 Å². The highest BCUT2D eigenvalue weighted by Crippen LogP contribution is 2.13. The molecule has 1 aromatic rings. The molecule has 0 aliphatic carbocycles. The van der Waals surface area contributed by atoms with Gasteiger partial charge in [0.25, 0.3) is 5.69 Å². The quantitative estimate of drug-likeness (QED) is 0.609. The number of nitrogens with zero attached hydrogens (tertiary/aromatic N) is 1. The topological polar surface area (TPSA) is 89.3 Å². The molecular formula is C9H12N2O4S. The van der Waals surface area contributed by atoms with Gasteiger partial charge in [0.15, 0.2) is 0 Å². The van der Waals surface area contributed by atoms with Gasteiger partial charge in [0, 0.05) is 18.7 Å². The van der Waals surface area contributed by atoms with Crippen LogP contribution in [0.5, 0.6) is 0 Å². The molecule has 0 atom stereocenters. The van der Waals surface area contributed by atoms with Crippen LogP contribution in [-0.4, -0.2) is 26.1 Å². The molecule has 1 aromatic carbocycles. The van der Waals surface area contributed by atoms with E-state index >= 15 is 0 Å². The molecule has 7 heteroatoms. The first-order chi connectivity index (χ1) is 7.38. The van der Waals surface area contributed by atoms with Crippen LogP contribution in [0.4, 0.5) is 5.69 Å². The summed E-state index contributed by atoms with van der Waals surface area (Å²) in [6, 6.07) is 6.13. The van der Waals surface area contributed by atoms with E-state index in [1.807, 2.05) is 0 Å². The summed E-state index contributed by atoms with van der Waals surface area (Å²) in [5.41, 5.74) is 0.738. The Morgan fingerprint density at radius 2 is 2.12 bits per heavy atom. The number of nitro benzene ring substituents is 1. The summed E-state index contributed by atoms with van der Waals surface area (Å²) in [6.07, 6.45) is 1.50. The van der Waals surface area contributed by atoms with Crippen LogP contribution in [-0.2, 0) is 16.4 Å². The second-order valence-corrected chi connectivity index (χ2v) is 5.18. The van der Waals surface area contributed by atoms with Gasteiger partial charge in [0.05, 0.1) is 11.2 Å². The molecular weight excluding hydrogens is 232 g/mol. The van der Waals surface area contributed by atoms with Crippen LogP contribution in [0.2, 0.25) is 0 Å². The summed E-state index contributed by atoms with van der Waals surface area (Å²) in [7, 11) is -3.20. The minimum Gasteiger partial charge on any atom is -0.258 e. The van der Waals surface area contributed by atoms with Crippen LogP contribution in [0, 0.1) is 10.1 Å². The molecule has 0 bridgehead atoms. The summed E-state index contributed by atoms with van der Waals surface area (Å²) in [5.74, 6) is 0. The zero-order valence-electron chi connectivity index (χ0n) is 8.71. The van der Waals surface area contributed by atoms with Gasteiger partial charge in [0.2, 0.25) is 10.0 Å². The fourth-order valence-electron chi connectivity index (χ4n) is 1.21. The van der Waals surface area contributed by atoms with Crippen LogP contribution < -0.4 is 4.72 Å². The second-order valence-electron chi connectivity index (χ2n) is 3.34. The van der Waals surface area contributed by atoms with Gasteiger partial charge < -0.3 is 0 Å². The Bertz CT molecular complexity index is 484. The van der Waals surface area contributed by atoms with E-state index < -0.39 is 14.9 Å². The zero-order valence-corrected chi connectivity index (χ0v) is 9.53. The van der Waals surface area contributed by atoms with Gasteiger partial charge in [-0.25, -0.2) is 13.1 Å². The summed E-state index contributed by atoms with van der Waals surface area (Å²) in [6.45, 7) is 0.236. The van der Waals surface area contributed by atoms with E-state index in [-0.39, 0.29) is 12.2 Å². The number of rotatable bonds is 5. The number of benzene rings is 1. The standard InChI is InChI=1S/C9H12N2O4S/c1-16(14,15)10-6-5-8-3-2-4-9(7-8)11(12)13/h2-4,7,10H,5-6H2,1H3. The molecule has 16 heavy (non-hydrogen) atoms. The predicted octanol–water partition coefficient (Wildman–Crippen LogP) is 0.686. The highest BCUT2D eigenvalue weighted by atomic mass is 32.2. The van der Waals surface area contributed by atoms with Gasteiger partial charge in [-0.05, 0) is 12.0 Å². The van der Waals surface area contributed by atoms with Crippen molar-refractivity contribution in [1.82, 2.24) is 4.72 Å². The lowest BCUT2D eigenvalue weighted by Crippen LogP contribution is -2.24. The van der Waals surface area contributed by atoms with E-state index in [4.69, 9.17) is 0 Å². The normalized spacial score (nSPS) is 11.3. The van der Waals surface area contributed by atoms with E-state index in [2.05, 4.69) is 4.72 Å². The molecule has 0 radical (unpaired) electrons. The minimum absolute atomic E-state index is 0.0110. The average Bonchev–Trinajstić information content (AvgIpc) is 2.16. The van der Waals surface area contributed by atoms with Crippen molar-refractivity contribution in [1.29, 1.82) is 0 Å². The van der Waals surface area contributed by atoms with E-state index in [1.165, 1.54) is 12.1 Å². The highest BCUT2D eigenvalue weighted by Gasteiger charge is 2.06. The van der Waals surface area contributed by atoms with Crippen molar-refractivity contribution in [3.05, 3.63) is 39.9 Å². The predicted molar refractivity (Wildman–Crippen MR) is 59.6 cm³/mol. The Morgan fingerprint density at radius 1 is 1.44 bits per heavy atom. The summed E-state index contributed by atoms with van der Waals surface area (Å²) in [5, 5.41) is 10.5. The lowest BCUT2D eigenvalue weighted by atomic mass is 10.1. The molecule has 0 aromatic heterocycles. The smallest absolute Gasteiger partial charge is 0.258 e. The van der Waals surface area contributed by atoms with Crippen LogP contribution in [0.25, 0.3) is 0 Å². The lowest BCUT2D eigenvalue weighted by Gasteiger charge is -2.02. The number of nitrogens with one attached hydrogen (secondary N) is 1. The highest BCUT2D eigenvalue weighted by molar-refractivity contribution is 7.88. The molecule has 0 heterocycles. The molecule has 1 N–H and O–H groups in total. The van der Waals surface area contributed by atoms with E-state index in [1.54, 1.807) is 12.1 Å². The van der Waals surface area contributed by atoms with Gasteiger partial charge >= 0.3 is 0 Å². The van der Waals surface area contributed by atoms with Crippen molar-refractivity contribution in [2.75, 3.05) is 12.8 Å². The number of nitro groups is 1. The largest absolute Gasteiger partial charge is 0.269 e. The molecule has 1 rings (SSSR count). The summed E-state index contributed by atoms with van der Waals surface area (Å²) in [4.78, 5) is 10.0. The third-order valence-corrected chi connectivity index (χ3v) is 2.63. The van der Waals surface area contributed by atoms with Gasteiger partial charge in [-0.3, -0.25) is 10.1 Å². The minimum atomic E-state index is -3.20. The Kier molecular flexibility index (Phi) is 3.97. The Morgan fingerprint density at radius 3 is 2.69 bits per heavy atom. The Hall–Kier alpha value is -1.47. The van der Waals surface area contributed by atoms with Gasteiger partial charge in [-0.15, -0.1) is 0 Å². The van der Waals surface area contributed by atoms with E-state index in [0.717, 1.165) is 11.8 Å². The maximum absolute atomic E-state index is 10.8. The molecule has 0 aliphatic heterocycles. The SMILES string of the molecule is CS(=O)(=O)NCCc1cccc([N+](=O)[O-])c1. The molecule has 0 saturated carbocycles. The monoisotopic (exact) mass is 244 g/mol. The van der Waals surface area contributed by atoms with Crippen LogP contribution >= 0.6 is 0 Å². The van der Waals surface area contributed by atoms with Gasteiger partial charge in [-0.1, -0.05) is 12.1 Å². The Balaban J connectivity index is 2.61. The summed E-state index contributed by atoms with van der Waals surface area (Å²) < 4.78 is 23.9. The summed E-state index contributed by atoms with van der Waals surface area (Å²) >= 11 is 0. The van der Waals surface area contributed by atoms with Crippen molar-refractivity contribution in [3.63, 3.8) is 0 Å². The third kappa shape index (κ3) is 4.37. The first-order valence-electron chi connectivity index (χ1n) is 4.56. The number of hydrogen-bond donors (Lipinski definition) is 1. The van der Waals surface area contributed by atoms with E-state index in [0.29, 0.717) is 6.42 Å². The molecule has 6 nitrogen and oxygen atoms in total. The van der Waals surface area contributed by atoms with Gasteiger partial charge in [-0.2, -0.15) is 0 Å². The number of hydrogen-bond acceptors (Lipinski definition) is 4. The fourth-order valence-corrected chi connectivity index (χ4v) is 1.68. The molecule has 88 valence electrons. The van der Waals surface area contributed by atoms with Gasteiger partial charge in [0.1, 0.15) is 0 Å². The first kappa shape index (κ1) is 12.6. The zero-order chi connectivity index (χ0) is 12.2. The van der Waals surface area contributed by atoms with E-state index in [9.17, 15) is 18.5 Å². The average molecular weight is 244 g/mol. The Labute approximate surface area is 93.5 Å². The van der Waals surface area contributed by atoms with Crippen molar-refractivity contribution in [2.24, 2.45) is 0 Å². The molecule has 0 aliphatic rings. The third-order valence-electron chi connectivity index (χ3n) is 1.90. The first-order valence-corrected chi connectivity index (χ1v) is 6.45. The maximum Gasteiger partial charge on any atom is 0.269 e. The van der Waals surface area contributed by atoms with Crippen LogP contribution in [0.3, 0.4) is 0 Å². The fraction of sp³-hybridized carbons (Fsp3) is 0.333. The molecule has 0 unspecified atom stereocenters. The van der Waals surface area contributed by atoms with Crippen molar-refractivity contribution >= 4 is 15.7 Å². The van der Waals surface area contributed by atoms with Crippen molar-refractivity contribution in [2.45, 2.75) is 6.42 Å². The maximum atomic E-state index is 10.8. The second kappa shape index (κ2) is 5.04.